The summed E-state index contributed by atoms with van der Waals surface area (Å²) in [5, 5.41) is 18.3. The highest BCUT2D eigenvalue weighted by atomic mass is 16.5. The smallest absolute Gasteiger partial charge is 0.240 e. The van der Waals surface area contributed by atoms with Crippen LogP contribution in [0, 0.1) is 6.92 Å². The van der Waals surface area contributed by atoms with Crippen molar-refractivity contribution in [1.82, 2.24) is 25.7 Å². The SMILES string of the molecule is Cc1cc(Oc2ccc(CNC(C)(C)C)nn2)n[nH]1. The lowest BCUT2D eigenvalue weighted by Gasteiger charge is -2.19. The first kappa shape index (κ1) is 13.5. The molecule has 6 heteroatoms. The molecule has 2 aromatic rings. The standard InChI is InChI=1S/C13H19N5O/c1-9-7-12(18-15-9)19-11-6-5-10(16-17-11)8-14-13(2,3)4/h5-7,14H,8H2,1-4H3,(H,15,18). The molecule has 102 valence electrons. The third-order valence-corrected chi connectivity index (χ3v) is 2.39. The molecule has 0 saturated heterocycles. The Morgan fingerprint density at radius 1 is 1.21 bits per heavy atom. The molecular formula is C13H19N5O. The van der Waals surface area contributed by atoms with E-state index >= 15 is 0 Å². The number of aromatic amines is 1. The van der Waals surface area contributed by atoms with Gasteiger partial charge in [0.05, 0.1) is 5.69 Å². The summed E-state index contributed by atoms with van der Waals surface area (Å²) >= 11 is 0. The summed E-state index contributed by atoms with van der Waals surface area (Å²) in [5.41, 5.74) is 1.87. The predicted molar refractivity (Wildman–Crippen MR) is 72.0 cm³/mol. The third kappa shape index (κ3) is 4.33. The molecule has 2 heterocycles. The first-order chi connectivity index (χ1) is 8.92. The van der Waals surface area contributed by atoms with E-state index in [1.807, 2.05) is 13.0 Å². The van der Waals surface area contributed by atoms with Gasteiger partial charge < -0.3 is 10.1 Å². The van der Waals surface area contributed by atoms with E-state index in [1.54, 1.807) is 12.1 Å². The Bertz CT molecular complexity index is 527. The van der Waals surface area contributed by atoms with Gasteiger partial charge in [0.2, 0.25) is 11.8 Å². The normalized spacial score (nSPS) is 11.6. The summed E-state index contributed by atoms with van der Waals surface area (Å²) in [7, 11) is 0. The lowest BCUT2D eigenvalue weighted by Crippen LogP contribution is -2.35. The zero-order valence-corrected chi connectivity index (χ0v) is 11.7. The van der Waals surface area contributed by atoms with Gasteiger partial charge in [-0.15, -0.1) is 10.2 Å². The number of ether oxygens (including phenoxy) is 1. The fourth-order valence-electron chi connectivity index (χ4n) is 1.40. The van der Waals surface area contributed by atoms with E-state index in [0.29, 0.717) is 18.3 Å². The summed E-state index contributed by atoms with van der Waals surface area (Å²) in [5.74, 6) is 0.929. The van der Waals surface area contributed by atoms with Crippen molar-refractivity contribution < 1.29 is 4.74 Å². The van der Waals surface area contributed by atoms with Crippen molar-refractivity contribution >= 4 is 0 Å². The summed E-state index contributed by atoms with van der Waals surface area (Å²) in [6, 6.07) is 5.48. The first-order valence-electron chi connectivity index (χ1n) is 6.20. The lowest BCUT2D eigenvalue weighted by molar-refractivity contribution is 0.414. The Balaban J connectivity index is 1.95. The molecule has 0 aromatic carbocycles. The monoisotopic (exact) mass is 261 g/mol. The van der Waals surface area contributed by atoms with Gasteiger partial charge in [-0.1, -0.05) is 0 Å². The zero-order chi connectivity index (χ0) is 13.9. The largest absolute Gasteiger partial charge is 0.417 e. The fourth-order valence-corrected chi connectivity index (χ4v) is 1.40. The zero-order valence-electron chi connectivity index (χ0n) is 11.7. The highest BCUT2D eigenvalue weighted by Gasteiger charge is 2.09. The minimum atomic E-state index is 0.0589. The number of rotatable bonds is 4. The van der Waals surface area contributed by atoms with Crippen LogP contribution >= 0.6 is 0 Å². The molecule has 0 bridgehead atoms. The summed E-state index contributed by atoms with van der Waals surface area (Å²) in [6.07, 6.45) is 0. The number of aromatic nitrogens is 4. The minimum absolute atomic E-state index is 0.0589. The van der Waals surface area contributed by atoms with Crippen molar-refractivity contribution in [1.29, 1.82) is 0 Å². The minimum Gasteiger partial charge on any atom is -0.417 e. The predicted octanol–water partition coefficient (Wildman–Crippen LogP) is 2.19. The second kappa shape index (κ2) is 5.36. The Morgan fingerprint density at radius 3 is 2.53 bits per heavy atom. The average molecular weight is 261 g/mol. The van der Waals surface area contributed by atoms with E-state index in [2.05, 4.69) is 46.5 Å². The number of nitrogens with zero attached hydrogens (tertiary/aromatic N) is 3. The number of hydrogen-bond donors (Lipinski definition) is 2. The van der Waals surface area contributed by atoms with E-state index in [0.717, 1.165) is 11.4 Å². The summed E-state index contributed by atoms with van der Waals surface area (Å²) < 4.78 is 5.46. The maximum absolute atomic E-state index is 5.46. The topological polar surface area (TPSA) is 75.7 Å². The van der Waals surface area contributed by atoms with Gasteiger partial charge in [-0.25, -0.2) is 0 Å². The number of hydrogen-bond acceptors (Lipinski definition) is 5. The first-order valence-corrected chi connectivity index (χ1v) is 6.20. The van der Waals surface area contributed by atoms with Gasteiger partial charge in [-0.05, 0) is 33.8 Å². The van der Waals surface area contributed by atoms with Gasteiger partial charge in [0.1, 0.15) is 0 Å². The van der Waals surface area contributed by atoms with Gasteiger partial charge in [0.15, 0.2) is 0 Å². The summed E-state index contributed by atoms with van der Waals surface area (Å²) in [6.45, 7) is 8.92. The van der Waals surface area contributed by atoms with Crippen molar-refractivity contribution in [3.8, 4) is 11.8 Å². The number of aryl methyl sites for hydroxylation is 1. The maximum atomic E-state index is 5.46. The Morgan fingerprint density at radius 2 is 2.00 bits per heavy atom. The van der Waals surface area contributed by atoms with E-state index < -0.39 is 0 Å². The molecule has 0 aliphatic carbocycles. The van der Waals surface area contributed by atoms with Crippen molar-refractivity contribution in [2.75, 3.05) is 0 Å². The molecule has 6 nitrogen and oxygen atoms in total. The maximum Gasteiger partial charge on any atom is 0.240 e. The van der Waals surface area contributed by atoms with Crippen LogP contribution in [0.2, 0.25) is 0 Å². The number of nitrogens with one attached hydrogen (secondary N) is 2. The molecular weight excluding hydrogens is 242 g/mol. The van der Waals surface area contributed by atoms with Crippen LogP contribution in [0.25, 0.3) is 0 Å². The van der Waals surface area contributed by atoms with Crippen molar-refractivity contribution in [3.63, 3.8) is 0 Å². The Hall–Kier alpha value is -1.95. The quantitative estimate of drug-likeness (QED) is 0.882. The second-order valence-corrected chi connectivity index (χ2v) is 5.46. The van der Waals surface area contributed by atoms with Crippen LogP contribution in [0.5, 0.6) is 11.8 Å². The molecule has 2 rings (SSSR count). The Labute approximate surface area is 112 Å². The fraction of sp³-hybridized carbons (Fsp3) is 0.462. The van der Waals surface area contributed by atoms with Gasteiger partial charge in [-0.2, -0.15) is 5.10 Å². The van der Waals surface area contributed by atoms with Gasteiger partial charge in [-0.3, -0.25) is 5.10 Å². The van der Waals surface area contributed by atoms with Crippen molar-refractivity contribution in [2.45, 2.75) is 39.8 Å². The molecule has 0 fully saturated rings. The number of H-pyrrole nitrogens is 1. The van der Waals surface area contributed by atoms with E-state index in [1.165, 1.54) is 0 Å². The van der Waals surface area contributed by atoms with Gasteiger partial charge in [0.25, 0.3) is 0 Å². The molecule has 19 heavy (non-hydrogen) atoms. The van der Waals surface area contributed by atoms with Crippen LogP contribution < -0.4 is 10.1 Å². The van der Waals surface area contributed by atoms with Crippen LogP contribution in [0.3, 0.4) is 0 Å². The average Bonchev–Trinajstić information content (AvgIpc) is 2.73. The van der Waals surface area contributed by atoms with Crippen molar-refractivity contribution in [2.24, 2.45) is 0 Å². The molecule has 0 unspecified atom stereocenters. The van der Waals surface area contributed by atoms with Gasteiger partial charge >= 0.3 is 0 Å². The summed E-state index contributed by atoms with van der Waals surface area (Å²) in [4.78, 5) is 0. The van der Waals surface area contributed by atoms with E-state index in [-0.39, 0.29) is 5.54 Å². The van der Waals surface area contributed by atoms with Crippen LogP contribution in [0.1, 0.15) is 32.2 Å². The highest BCUT2D eigenvalue weighted by molar-refractivity contribution is 5.20. The van der Waals surface area contributed by atoms with Crippen LogP contribution in [0.15, 0.2) is 18.2 Å². The molecule has 0 spiro atoms. The van der Waals surface area contributed by atoms with E-state index in [9.17, 15) is 0 Å². The molecule has 2 N–H and O–H groups in total. The molecule has 0 aliphatic rings. The van der Waals surface area contributed by atoms with Crippen LogP contribution in [-0.4, -0.2) is 25.9 Å². The molecule has 0 aliphatic heterocycles. The molecule has 0 radical (unpaired) electrons. The van der Waals surface area contributed by atoms with Crippen LogP contribution in [-0.2, 0) is 6.54 Å². The Kier molecular flexibility index (Phi) is 3.80. The molecule has 0 atom stereocenters. The van der Waals surface area contributed by atoms with E-state index in [4.69, 9.17) is 4.74 Å². The third-order valence-electron chi connectivity index (χ3n) is 2.39. The van der Waals surface area contributed by atoms with Gasteiger partial charge in [0, 0.05) is 29.9 Å². The molecule has 0 amide bonds. The highest BCUT2D eigenvalue weighted by Crippen LogP contribution is 2.16. The van der Waals surface area contributed by atoms with Crippen molar-refractivity contribution in [3.05, 3.63) is 29.6 Å². The molecule has 0 saturated carbocycles. The lowest BCUT2D eigenvalue weighted by atomic mass is 10.1. The second-order valence-electron chi connectivity index (χ2n) is 5.46. The molecule has 2 aromatic heterocycles. The van der Waals surface area contributed by atoms with Crippen LogP contribution in [0.4, 0.5) is 0 Å².